The van der Waals surface area contributed by atoms with Crippen LogP contribution in [0, 0.1) is 0 Å². The van der Waals surface area contributed by atoms with Gasteiger partial charge in [-0.3, -0.25) is 0 Å². The van der Waals surface area contributed by atoms with Gasteiger partial charge in [-0.25, -0.2) is 0 Å². The van der Waals surface area contributed by atoms with Crippen molar-refractivity contribution in [3.05, 3.63) is 33.3 Å². The predicted molar refractivity (Wildman–Crippen MR) is 78.1 cm³/mol. The molecule has 0 bridgehead atoms. The molecule has 0 spiro atoms. The van der Waals surface area contributed by atoms with Gasteiger partial charge in [-0.05, 0) is 35.6 Å². The van der Waals surface area contributed by atoms with Crippen molar-refractivity contribution in [1.29, 1.82) is 0 Å². The fourth-order valence-corrected chi connectivity index (χ4v) is 2.62. The molecule has 0 amide bonds. The first-order chi connectivity index (χ1) is 7.24. The Kier molecular flexibility index (Phi) is 8.88. The Bertz CT molecular complexity index is 331. The smallest absolute Gasteiger partial charge is 0.0264 e. The van der Waals surface area contributed by atoms with Crippen LogP contribution in [0.5, 0.6) is 0 Å². The maximum atomic E-state index is 5.80. The maximum Gasteiger partial charge on any atom is 0.0264 e. The van der Waals surface area contributed by atoms with Crippen molar-refractivity contribution in [2.75, 3.05) is 11.8 Å². The first-order valence-electron chi connectivity index (χ1n) is 4.85. The van der Waals surface area contributed by atoms with Gasteiger partial charge in [0.1, 0.15) is 0 Å². The van der Waals surface area contributed by atoms with Crippen LogP contribution in [0.3, 0.4) is 0 Å². The van der Waals surface area contributed by atoms with Crippen LogP contribution in [0.15, 0.2) is 16.6 Å². The molecular weight excluding hydrogens is 332 g/mol. The summed E-state index contributed by atoms with van der Waals surface area (Å²) in [6.45, 7) is 0.550. The molecular formula is C11H15BrCl3N. The van der Waals surface area contributed by atoms with Crippen LogP contribution in [-0.2, 0) is 19.4 Å². The van der Waals surface area contributed by atoms with Gasteiger partial charge >= 0.3 is 0 Å². The normalized spacial score (nSPS) is 10.0. The van der Waals surface area contributed by atoms with Crippen molar-refractivity contribution in [3.63, 3.8) is 0 Å². The molecule has 1 aromatic carbocycles. The molecule has 16 heavy (non-hydrogen) atoms. The van der Waals surface area contributed by atoms with E-state index in [1.54, 1.807) is 0 Å². The first kappa shape index (κ1) is 16.5. The number of benzene rings is 1. The zero-order valence-corrected chi connectivity index (χ0v) is 12.7. The molecule has 5 heteroatoms. The third-order valence-electron chi connectivity index (χ3n) is 2.38. The van der Waals surface area contributed by atoms with Gasteiger partial charge in [0.25, 0.3) is 0 Å². The van der Waals surface area contributed by atoms with Crippen LogP contribution in [0.1, 0.15) is 16.7 Å². The quantitative estimate of drug-likeness (QED) is 0.804. The van der Waals surface area contributed by atoms with Gasteiger partial charge < -0.3 is 5.73 Å². The van der Waals surface area contributed by atoms with Crippen molar-refractivity contribution in [2.45, 2.75) is 19.4 Å². The molecule has 0 heterocycles. The monoisotopic (exact) mass is 345 g/mol. The lowest BCUT2D eigenvalue weighted by atomic mass is 9.97. The highest BCUT2D eigenvalue weighted by Gasteiger charge is 2.10. The first-order valence-corrected chi connectivity index (χ1v) is 6.72. The SMILES string of the molecule is Cl.NCc1ccc(Br)c(CCCl)c1CCCl. The molecule has 0 aliphatic heterocycles. The zero-order valence-electron chi connectivity index (χ0n) is 8.81. The third kappa shape index (κ3) is 4.08. The molecule has 0 atom stereocenters. The van der Waals surface area contributed by atoms with Crippen molar-refractivity contribution >= 4 is 51.5 Å². The molecule has 2 N–H and O–H groups in total. The lowest BCUT2D eigenvalue weighted by Gasteiger charge is -2.14. The van der Waals surface area contributed by atoms with E-state index >= 15 is 0 Å². The van der Waals surface area contributed by atoms with Gasteiger partial charge in [-0.2, -0.15) is 0 Å². The van der Waals surface area contributed by atoms with Crippen LogP contribution < -0.4 is 5.73 Å². The number of alkyl halides is 2. The van der Waals surface area contributed by atoms with Crippen LogP contribution in [0.25, 0.3) is 0 Å². The second-order valence-electron chi connectivity index (χ2n) is 3.25. The van der Waals surface area contributed by atoms with E-state index in [4.69, 9.17) is 28.9 Å². The fourth-order valence-electron chi connectivity index (χ4n) is 1.67. The van der Waals surface area contributed by atoms with E-state index in [1.807, 2.05) is 12.1 Å². The van der Waals surface area contributed by atoms with Crippen molar-refractivity contribution in [1.82, 2.24) is 0 Å². The summed E-state index contributed by atoms with van der Waals surface area (Å²) in [5.41, 5.74) is 9.37. The molecule has 1 aromatic rings. The predicted octanol–water partition coefficient (Wildman–Crippen LogP) is 3.89. The Morgan fingerprint density at radius 3 is 2.12 bits per heavy atom. The summed E-state index contributed by atoms with van der Waals surface area (Å²) < 4.78 is 1.10. The topological polar surface area (TPSA) is 26.0 Å². The minimum atomic E-state index is 0. The van der Waals surface area contributed by atoms with Gasteiger partial charge in [-0.1, -0.05) is 22.0 Å². The Morgan fingerprint density at radius 2 is 1.62 bits per heavy atom. The van der Waals surface area contributed by atoms with Crippen LogP contribution in [0.4, 0.5) is 0 Å². The number of rotatable bonds is 5. The molecule has 0 unspecified atom stereocenters. The number of nitrogens with two attached hydrogens (primary N) is 1. The summed E-state index contributed by atoms with van der Waals surface area (Å²) in [6.07, 6.45) is 1.70. The van der Waals surface area contributed by atoms with Crippen LogP contribution in [0.2, 0.25) is 0 Å². The van der Waals surface area contributed by atoms with Crippen molar-refractivity contribution in [2.24, 2.45) is 5.73 Å². The number of halogens is 4. The number of hydrogen-bond donors (Lipinski definition) is 1. The van der Waals surface area contributed by atoms with Gasteiger partial charge in [0.05, 0.1) is 0 Å². The Morgan fingerprint density at radius 1 is 1.06 bits per heavy atom. The van der Waals surface area contributed by atoms with E-state index in [0.717, 1.165) is 17.3 Å². The Balaban J connectivity index is 0.00000225. The minimum absolute atomic E-state index is 0. The standard InChI is InChI=1S/C11H14BrCl2N.ClH/c12-11-2-1-8(7-15)9(3-5-13)10(11)4-6-14;/h1-2H,3-7,15H2;1H. The van der Waals surface area contributed by atoms with E-state index < -0.39 is 0 Å². The summed E-state index contributed by atoms with van der Waals surface area (Å²) in [6, 6.07) is 4.07. The molecule has 0 radical (unpaired) electrons. The second kappa shape index (κ2) is 8.60. The summed E-state index contributed by atoms with van der Waals surface area (Å²) in [4.78, 5) is 0. The van der Waals surface area contributed by atoms with Crippen molar-refractivity contribution < 1.29 is 0 Å². The van der Waals surface area contributed by atoms with E-state index in [0.29, 0.717) is 18.3 Å². The van der Waals surface area contributed by atoms with Crippen LogP contribution >= 0.6 is 51.5 Å². The maximum absolute atomic E-state index is 5.80. The summed E-state index contributed by atoms with van der Waals surface area (Å²) >= 11 is 15.1. The van der Waals surface area contributed by atoms with Gasteiger partial charge in [0, 0.05) is 22.8 Å². The fraction of sp³-hybridized carbons (Fsp3) is 0.455. The molecule has 0 aliphatic rings. The molecule has 0 saturated carbocycles. The number of hydrogen-bond acceptors (Lipinski definition) is 1. The Hall–Kier alpha value is 0.530. The highest BCUT2D eigenvalue weighted by molar-refractivity contribution is 9.10. The van der Waals surface area contributed by atoms with E-state index in [-0.39, 0.29) is 12.4 Å². The zero-order chi connectivity index (χ0) is 11.3. The minimum Gasteiger partial charge on any atom is -0.326 e. The largest absolute Gasteiger partial charge is 0.326 e. The average Bonchev–Trinajstić information content (AvgIpc) is 2.24. The van der Waals surface area contributed by atoms with Crippen LogP contribution in [-0.4, -0.2) is 11.8 Å². The van der Waals surface area contributed by atoms with Gasteiger partial charge in [-0.15, -0.1) is 35.6 Å². The molecule has 1 nitrogen and oxygen atoms in total. The van der Waals surface area contributed by atoms with E-state index in [9.17, 15) is 0 Å². The molecule has 1 rings (SSSR count). The van der Waals surface area contributed by atoms with Gasteiger partial charge in [0.15, 0.2) is 0 Å². The van der Waals surface area contributed by atoms with Gasteiger partial charge in [0.2, 0.25) is 0 Å². The highest BCUT2D eigenvalue weighted by atomic mass is 79.9. The lowest BCUT2D eigenvalue weighted by Crippen LogP contribution is -2.07. The van der Waals surface area contributed by atoms with E-state index in [2.05, 4.69) is 15.9 Å². The summed E-state index contributed by atoms with van der Waals surface area (Å²) in [5.74, 6) is 1.22. The Labute approximate surface area is 121 Å². The summed E-state index contributed by atoms with van der Waals surface area (Å²) in [7, 11) is 0. The third-order valence-corrected chi connectivity index (χ3v) is 3.50. The molecule has 0 saturated heterocycles. The molecule has 0 aliphatic carbocycles. The second-order valence-corrected chi connectivity index (χ2v) is 4.86. The molecule has 0 aromatic heterocycles. The average molecular weight is 348 g/mol. The molecule has 0 fully saturated rings. The lowest BCUT2D eigenvalue weighted by molar-refractivity contribution is 0.961. The highest BCUT2D eigenvalue weighted by Crippen LogP contribution is 2.25. The van der Waals surface area contributed by atoms with Crippen molar-refractivity contribution in [3.8, 4) is 0 Å². The summed E-state index contributed by atoms with van der Waals surface area (Å²) in [5, 5.41) is 0. The van der Waals surface area contributed by atoms with E-state index in [1.165, 1.54) is 16.7 Å². The molecule has 92 valence electrons.